The SMILES string of the molecule is C[C@@H](NCCC1CN(c2ccc(C(C)(C)C(=O)O)cc2)c2ccccc2O1)c1cccc2ccccc12.Cl. The largest absolute Gasteiger partial charge is 0.486 e. The Hall–Kier alpha value is -3.54. The Kier molecular flexibility index (Phi) is 8.29. The number of hydrogen-bond donors (Lipinski definition) is 2. The van der Waals surface area contributed by atoms with Gasteiger partial charge in [0.15, 0.2) is 0 Å². The summed E-state index contributed by atoms with van der Waals surface area (Å²) < 4.78 is 6.39. The molecule has 0 spiro atoms. The number of ether oxygens (including phenoxy) is 1. The Morgan fingerprint density at radius 2 is 1.68 bits per heavy atom. The summed E-state index contributed by atoms with van der Waals surface area (Å²) >= 11 is 0. The molecule has 1 aliphatic heterocycles. The van der Waals surface area contributed by atoms with Gasteiger partial charge in [-0.15, -0.1) is 12.4 Å². The molecule has 0 radical (unpaired) electrons. The molecule has 0 saturated heterocycles. The van der Waals surface area contributed by atoms with Gasteiger partial charge in [-0.25, -0.2) is 0 Å². The summed E-state index contributed by atoms with van der Waals surface area (Å²) in [5, 5.41) is 15.8. The second-order valence-corrected chi connectivity index (χ2v) is 10.3. The second-order valence-electron chi connectivity index (χ2n) is 10.3. The van der Waals surface area contributed by atoms with Crippen LogP contribution in [0.15, 0.2) is 91.0 Å². The lowest BCUT2D eigenvalue weighted by Gasteiger charge is -2.37. The van der Waals surface area contributed by atoms with Crippen LogP contribution in [0.4, 0.5) is 11.4 Å². The summed E-state index contributed by atoms with van der Waals surface area (Å²) in [6.07, 6.45) is 0.890. The predicted molar refractivity (Wildman–Crippen MR) is 157 cm³/mol. The average Bonchev–Trinajstić information content (AvgIpc) is 2.92. The second kappa shape index (κ2) is 11.5. The van der Waals surface area contributed by atoms with Crippen LogP contribution in [0.25, 0.3) is 10.8 Å². The Morgan fingerprint density at radius 3 is 2.45 bits per heavy atom. The van der Waals surface area contributed by atoms with Crippen LogP contribution in [0.1, 0.15) is 44.4 Å². The highest BCUT2D eigenvalue weighted by Crippen LogP contribution is 2.39. The van der Waals surface area contributed by atoms with Gasteiger partial charge in [-0.2, -0.15) is 0 Å². The van der Waals surface area contributed by atoms with Crippen molar-refractivity contribution in [3.8, 4) is 5.75 Å². The van der Waals surface area contributed by atoms with Crippen LogP contribution < -0.4 is 15.0 Å². The molecule has 2 atom stereocenters. The van der Waals surface area contributed by atoms with E-state index < -0.39 is 11.4 Å². The number of nitrogens with zero attached hydrogens (tertiary/aromatic N) is 1. The van der Waals surface area contributed by atoms with E-state index in [-0.39, 0.29) is 24.6 Å². The molecule has 0 fully saturated rings. The summed E-state index contributed by atoms with van der Waals surface area (Å²) in [4.78, 5) is 14.0. The molecule has 5 nitrogen and oxygen atoms in total. The summed E-state index contributed by atoms with van der Waals surface area (Å²) in [7, 11) is 0. The van der Waals surface area contributed by atoms with Gasteiger partial charge in [-0.05, 0) is 79.9 Å². The minimum absolute atomic E-state index is 0. The highest BCUT2D eigenvalue weighted by atomic mass is 35.5. The van der Waals surface area contributed by atoms with Crippen LogP contribution in [-0.4, -0.2) is 30.3 Å². The number of benzene rings is 4. The van der Waals surface area contributed by atoms with Crippen LogP contribution >= 0.6 is 12.4 Å². The molecule has 0 saturated carbocycles. The van der Waals surface area contributed by atoms with Gasteiger partial charge < -0.3 is 20.1 Å². The molecule has 4 aromatic carbocycles. The van der Waals surface area contributed by atoms with Gasteiger partial charge >= 0.3 is 5.97 Å². The van der Waals surface area contributed by atoms with Gasteiger partial charge in [0.1, 0.15) is 11.9 Å². The Bertz CT molecular complexity index is 1400. The Morgan fingerprint density at radius 1 is 1.00 bits per heavy atom. The van der Waals surface area contributed by atoms with Crippen molar-refractivity contribution in [2.45, 2.75) is 44.8 Å². The number of rotatable bonds is 8. The van der Waals surface area contributed by atoms with Gasteiger partial charge in [0.05, 0.1) is 17.6 Å². The summed E-state index contributed by atoms with van der Waals surface area (Å²) in [5.74, 6) is 0.0399. The van der Waals surface area contributed by atoms with Crippen molar-refractivity contribution in [1.82, 2.24) is 5.32 Å². The number of carboxylic acids is 1. The first-order chi connectivity index (χ1) is 17.8. The first-order valence-electron chi connectivity index (χ1n) is 12.9. The lowest BCUT2D eigenvalue weighted by molar-refractivity contribution is -0.142. The Labute approximate surface area is 230 Å². The third kappa shape index (κ3) is 5.50. The number of hydrogen-bond acceptors (Lipinski definition) is 4. The van der Waals surface area contributed by atoms with E-state index in [0.717, 1.165) is 42.2 Å². The zero-order valence-electron chi connectivity index (χ0n) is 22.1. The maximum absolute atomic E-state index is 11.7. The zero-order chi connectivity index (χ0) is 26.0. The number of halogens is 1. The van der Waals surface area contributed by atoms with Crippen LogP contribution in [0, 0.1) is 0 Å². The topological polar surface area (TPSA) is 61.8 Å². The molecular weight excluding hydrogens is 496 g/mol. The van der Waals surface area contributed by atoms with E-state index in [1.54, 1.807) is 13.8 Å². The molecule has 198 valence electrons. The first kappa shape index (κ1) is 27.5. The zero-order valence-corrected chi connectivity index (χ0v) is 22.9. The van der Waals surface area contributed by atoms with Gasteiger partial charge in [0.25, 0.3) is 0 Å². The van der Waals surface area contributed by atoms with Crippen LogP contribution in [0.2, 0.25) is 0 Å². The van der Waals surface area contributed by atoms with Gasteiger partial charge in [-0.1, -0.05) is 66.7 Å². The third-order valence-electron chi connectivity index (χ3n) is 7.48. The van der Waals surface area contributed by atoms with E-state index in [4.69, 9.17) is 4.74 Å². The smallest absolute Gasteiger partial charge is 0.313 e. The molecule has 0 bridgehead atoms. The molecule has 0 aliphatic carbocycles. The number of fused-ring (bicyclic) bond motifs is 2. The first-order valence-corrected chi connectivity index (χ1v) is 12.9. The molecule has 6 heteroatoms. The highest BCUT2D eigenvalue weighted by Gasteiger charge is 2.30. The van der Waals surface area contributed by atoms with Crippen LogP contribution in [0.3, 0.4) is 0 Å². The normalized spacial score (nSPS) is 15.8. The molecule has 38 heavy (non-hydrogen) atoms. The monoisotopic (exact) mass is 530 g/mol. The molecular formula is C32H35ClN2O3. The number of aliphatic carboxylic acids is 1. The van der Waals surface area contributed by atoms with E-state index >= 15 is 0 Å². The van der Waals surface area contributed by atoms with E-state index in [9.17, 15) is 9.90 Å². The maximum atomic E-state index is 11.7. The van der Waals surface area contributed by atoms with E-state index in [2.05, 4.69) is 65.7 Å². The standard InChI is InChI=1S/C32H34N2O3.ClH/c1-22(27-12-8-10-23-9-4-5-11-28(23)27)33-20-19-26-21-34(29-13-6-7-14-30(29)37-26)25-17-15-24(16-18-25)32(2,3)31(35)36;/h4-18,22,26,33H,19-21H2,1-3H3,(H,35,36);1H/t22-,26?;/m1./s1. The fourth-order valence-corrected chi connectivity index (χ4v) is 5.07. The van der Waals surface area contributed by atoms with Crippen LogP contribution in [-0.2, 0) is 10.2 Å². The highest BCUT2D eigenvalue weighted by molar-refractivity contribution is 5.86. The van der Waals surface area contributed by atoms with Crippen molar-refractivity contribution in [3.05, 3.63) is 102 Å². The molecule has 1 unspecified atom stereocenters. The minimum Gasteiger partial charge on any atom is -0.486 e. The molecule has 5 rings (SSSR count). The molecule has 1 heterocycles. The predicted octanol–water partition coefficient (Wildman–Crippen LogP) is 7.26. The minimum atomic E-state index is -0.934. The number of carboxylic acid groups (broad SMARTS) is 1. The van der Waals surface area contributed by atoms with E-state index in [1.165, 1.54) is 16.3 Å². The van der Waals surface area contributed by atoms with Crippen molar-refractivity contribution >= 4 is 40.5 Å². The number of carbonyl (C=O) groups is 1. The molecule has 1 aliphatic rings. The molecule has 4 aromatic rings. The van der Waals surface area contributed by atoms with E-state index in [0.29, 0.717) is 0 Å². The van der Waals surface area contributed by atoms with Crippen molar-refractivity contribution in [1.29, 1.82) is 0 Å². The number of anilines is 2. The number of nitrogens with one attached hydrogen (secondary N) is 1. The van der Waals surface area contributed by atoms with Gasteiger partial charge in [0.2, 0.25) is 0 Å². The summed E-state index contributed by atoms with van der Waals surface area (Å²) in [5.41, 5.74) is 3.22. The summed E-state index contributed by atoms with van der Waals surface area (Å²) in [6, 6.07) is 31.2. The van der Waals surface area contributed by atoms with E-state index in [1.807, 2.05) is 42.5 Å². The van der Waals surface area contributed by atoms with Crippen molar-refractivity contribution in [3.63, 3.8) is 0 Å². The Balaban J connectivity index is 0.00000336. The fraction of sp³-hybridized carbons (Fsp3) is 0.281. The van der Waals surface area contributed by atoms with Crippen molar-refractivity contribution in [2.24, 2.45) is 0 Å². The molecule has 0 amide bonds. The molecule has 2 N–H and O–H groups in total. The molecule has 0 aromatic heterocycles. The van der Waals surface area contributed by atoms with Crippen molar-refractivity contribution in [2.75, 3.05) is 18.0 Å². The van der Waals surface area contributed by atoms with Gasteiger partial charge in [-0.3, -0.25) is 4.79 Å². The fourth-order valence-electron chi connectivity index (χ4n) is 5.07. The third-order valence-corrected chi connectivity index (χ3v) is 7.48. The van der Waals surface area contributed by atoms with Gasteiger partial charge in [0, 0.05) is 11.7 Å². The quantitative estimate of drug-likeness (QED) is 0.251. The average molecular weight is 531 g/mol. The summed E-state index contributed by atoms with van der Waals surface area (Å²) in [6.45, 7) is 7.23. The maximum Gasteiger partial charge on any atom is 0.313 e. The number of para-hydroxylation sites is 2. The lowest BCUT2D eigenvalue weighted by Crippen LogP contribution is -2.39. The van der Waals surface area contributed by atoms with Crippen LogP contribution in [0.5, 0.6) is 5.75 Å². The van der Waals surface area contributed by atoms with Crippen molar-refractivity contribution < 1.29 is 14.6 Å². The lowest BCUT2D eigenvalue weighted by atomic mass is 9.85.